The molecule has 1 saturated carbocycles. The minimum atomic E-state index is -0.0211. The predicted molar refractivity (Wildman–Crippen MR) is 112 cm³/mol. The van der Waals surface area contributed by atoms with E-state index in [1.54, 1.807) is 10.7 Å². The van der Waals surface area contributed by atoms with Crippen molar-refractivity contribution in [1.82, 2.24) is 19.7 Å². The second kappa shape index (κ2) is 7.50. The number of aromatic amines is 1. The Morgan fingerprint density at radius 1 is 1.07 bits per heavy atom. The van der Waals surface area contributed by atoms with Crippen LogP contribution in [0.4, 0.5) is 0 Å². The van der Waals surface area contributed by atoms with E-state index in [4.69, 9.17) is 0 Å². The molecule has 6 nitrogen and oxygen atoms in total. The number of nitrogens with one attached hydrogen (secondary N) is 1. The highest BCUT2D eigenvalue weighted by atomic mass is 16.2. The van der Waals surface area contributed by atoms with Gasteiger partial charge in [-0.25, -0.2) is 4.68 Å². The van der Waals surface area contributed by atoms with Crippen LogP contribution in [0.25, 0.3) is 10.9 Å². The quantitative estimate of drug-likeness (QED) is 0.728. The molecule has 1 aliphatic heterocycles. The number of benzene rings is 1. The van der Waals surface area contributed by atoms with Gasteiger partial charge in [0.05, 0.1) is 12.1 Å². The summed E-state index contributed by atoms with van der Waals surface area (Å²) in [5.41, 5.74) is 3.16. The number of piperidine rings is 1. The minimum Gasteiger partial charge on any atom is -0.361 e. The van der Waals surface area contributed by atoms with Gasteiger partial charge in [0.25, 0.3) is 5.56 Å². The van der Waals surface area contributed by atoms with Crippen LogP contribution in [0.1, 0.15) is 42.9 Å². The third kappa shape index (κ3) is 3.84. The molecular formula is C23H26N4O2. The molecular weight excluding hydrogens is 364 g/mol. The zero-order valence-electron chi connectivity index (χ0n) is 16.5. The van der Waals surface area contributed by atoms with E-state index in [0.717, 1.165) is 48.1 Å². The molecule has 0 radical (unpaired) electrons. The molecule has 0 spiro atoms. The van der Waals surface area contributed by atoms with Crippen LogP contribution in [0, 0.1) is 5.92 Å². The van der Waals surface area contributed by atoms with E-state index in [-0.39, 0.29) is 11.5 Å². The molecule has 1 aromatic carbocycles. The van der Waals surface area contributed by atoms with E-state index in [1.165, 1.54) is 12.8 Å². The average Bonchev–Trinajstić information content (AvgIpc) is 3.52. The van der Waals surface area contributed by atoms with Crippen molar-refractivity contribution < 1.29 is 4.79 Å². The third-order valence-corrected chi connectivity index (χ3v) is 6.30. The molecule has 1 saturated heterocycles. The van der Waals surface area contributed by atoms with Crippen LogP contribution >= 0.6 is 0 Å². The molecule has 2 aliphatic rings. The van der Waals surface area contributed by atoms with E-state index in [2.05, 4.69) is 16.1 Å². The number of hydrogen-bond donors (Lipinski definition) is 1. The number of likely N-dealkylation sites (tertiary alicyclic amines) is 1. The Bertz CT molecular complexity index is 1090. The minimum absolute atomic E-state index is 0.0211. The number of para-hydroxylation sites is 1. The van der Waals surface area contributed by atoms with Crippen molar-refractivity contribution in [2.75, 3.05) is 13.1 Å². The van der Waals surface area contributed by atoms with Crippen LogP contribution in [-0.4, -0.2) is 38.7 Å². The van der Waals surface area contributed by atoms with E-state index < -0.39 is 0 Å². The second-order valence-corrected chi connectivity index (χ2v) is 8.41. The van der Waals surface area contributed by atoms with Crippen molar-refractivity contribution in [1.29, 1.82) is 0 Å². The number of H-pyrrole nitrogens is 1. The molecule has 150 valence electrons. The van der Waals surface area contributed by atoms with Crippen molar-refractivity contribution in [3.8, 4) is 0 Å². The van der Waals surface area contributed by atoms with Gasteiger partial charge in [-0.1, -0.05) is 18.2 Å². The molecule has 2 fully saturated rings. The van der Waals surface area contributed by atoms with Gasteiger partial charge in [-0.05, 0) is 49.3 Å². The largest absolute Gasteiger partial charge is 0.361 e. The molecule has 0 unspecified atom stereocenters. The van der Waals surface area contributed by atoms with Crippen molar-refractivity contribution in [3.63, 3.8) is 0 Å². The van der Waals surface area contributed by atoms with E-state index in [9.17, 15) is 9.59 Å². The Kier molecular flexibility index (Phi) is 4.70. The summed E-state index contributed by atoms with van der Waals surface area (Å²) in [7, 11) is 0. The number of hydrogen-bond acceptors (Lipinski definition) is 3. The Labute approximate surface area is 169 Å². The zero-order valence-corrected chi connectivity index (χ0v) is 16.5. The Hall–Kier alpha value is -2.89. The molecule has 2 aromatic heterocycles. The third-order valence-electron chi connectivity index (χ3n) is 6.30. The lowest BCUT2D eigenvalue weighted by atomic mass is 9.96. The monoisotopic (exact) mass is 390 g/mol. The fourth-order valence-corrected chi connectivity index (χ4v) is 4.35. The van der Waals surface area contributed by atoms with Crippen LogP contribution in [0.3, 0.4) is 0 Å². The van der Waals surface area contributed by atoms with E-state index in [0.29, 0.717) is 24.8 Å². The van der Waals surface area contributed by atoms with Crippen molar-refractivity contribution >= 4 is 16.8 Å². The summed E-state index contributed by atoms with van der Waals surface area (Å²) in [6, 6.07) is 11.6. The fraction of sp³-hybridized carbons (Fsp3) is 0.435. The van der Waals surface area contributed by atoms with Gasteiger partial charge in [0.1, 0.15) is 0 Å². The summed E-state index contributed by atoms with van der Waals surface area (Å²) < 4.78 is 1.64. The van der Waals surface area contributed by atoms with Gasteiger partial charge < -0.3 is 9.88 Å². The van der Waals surface area contributed by atoms with Crippen LogP contribution < -0.4 is 5.56 Å². The molecule has 0 bridgehead atoms. The Morgan fingerprint density at radius 2 is 1.86 bits per heavy atom. The van der Waals surface area contributed by atoms with E-state index >= 15 is 0 Å². The molecule has 1 aliphatic carbocycles. The van der Waals surface area contributed by atoms with Crippen LogP contribution in [-0.2, 0) is 17.8 Å². The zero-order chi connectivity index (χ0) is 19.8. The van der Waals surface area contributed by atoms with Gasteiger partial charge in [0, 0.05) is 48.7 Å². The smallest absolute Gasteiger partial charge is 0.266 e. The maximum absolute atomic E-state index is 12.8. The molecule has 1 N–H and O–H groups in total. The van der Waals surface area contributed by atoms with Crippen LogP contribution in [0.2, 0.25) is 0 Å². The molecule has 6 heteroatoms. The molecule has 3 aromatic rings. The Balaban J connectivity index is 1.19. The summed E-state index contributed by atoms with van der Waals surface area (Å²) in [6.07, 6.45) is 6.58. The van der Waals surface area contributed by atoms with Gasteiger partial charge in [0.2, 0.25) is 5.91 Å². The van der Waals surface area contributed by atoms with Crippen molar-refractivity contribution in [2.24, 2.45) is 5.92 Å². The molecule has 3 heterocycles. The number of amides is 1. The molecule has 0 atom stereocenters. The van der Waals surface area contributed by atoms with Crippen molar-refractivity contribution in [2.45, 2.75) is 44.6 Å². The molecule has 1 amide bonds. The number of fused-ring (bicyclic) bond motifs is 1. The van der Waals surface area contributed by atoms with Crippen LogP contribution in [0.5, 0.6) is 0 Å². The number of rotatable bonds is 5. The number of carbonyl (C=O) groups is 1. The Morgan fingerprint density at radius 3 is 2.66 bits per heavy atom. The SMILES string of the molecule is O=C(Cc1c[nH]c2ccccc12)N1CCC(Cn2nc(C3CC3)ccc2=O)CC1. The lowest BCUT2D eigenvalue weighted by Crippen LogP contribution is -2.41. The number of nitrogens with zero attached hydrogens (tertiary/aromatic N) is 3. The summed E-state index contributed by atoms with van der Waals surface area (Å²) in [5, 5.41) is 5.70. The summed E-state index contributed by atoms with van der Waals surface area (Å²) in [6.45, 7) is 2.16. The average molecular weight is 390 g/mol. The first-order valence-corrected chi connectivity index (χ1v) is 10.6. The standard InChI is InChI=1S/C23H26N4O2/c28-22-8-7-20(17-5-6-17)25-27(22)15-16-9-11-26(12-10-16)23(29)13-18-14-24-21-4-2-1-3-19(18)21/h1-4,7-8,14,16-17,24H,5-6,9-13,15H2. The first-order chi connectivity index (χ1) is 14.2. The molecule has 29 heavy (non-hydrogen) atoms. The van der Waals surface area contributed by atoms with Gasteiger partial charge in [-0.15, -0.1) is 0 Å². The van der Waals surface area contributed by atoms with Gasteiger partial charge in [-0.3, -0.25) is 9.59 Å². The lowest BCUT2D eigenvalue weighted by molar-refractivity contribution is -0.131. The fourth-order valence-electron chi connectivity index (χ4n) is 4.35. The van der Waals surface area contributed by atoms with E-state index in [1.807, 2.05) is 35.4 Å². The highest BCUT2D eigenvalue weighted by Crippen LogP contribution is 2.38. The lowest BCUT2D eigenvalue weighted by Gasteiger charge is -2.32. The number of carbonyl (C=O) groups excluding carboxylic acids is 1. The highest BCUT2D eigenvalue weighted by molar-refractivity contribution is 5.88. The molecule has 5 rings (SSSR count). The first kappa shape index (κ1) is 18.2. The summed E-state index contributed by atoms with van der Waals surface area (Å²) in [4.78, 5) is 30.2. The maximum Gasteiger partial charge on any atom is 0.266 e. The normalized spacial score (nSPS) is 17.7. The first-order valence-electron chi connectivity index (χ1n) is 10.6. The number of aromatic nitrogens is 3. The second-order valence-electron chi connectivity index (χ2n) is 8.41. The summed E-state index contributed by atoms with van der Waals surface area (Å²) >= 11 is 0. The van der Waals surface area contributed by atoms with Gasteiger partial charge >= 0.3 is 0 Å². The van der Waals surface area contributed by atoms with Gasteiger partial charge in [-0.2, -0.15) is 5.10 Å². The predicted octanol–water partition coefficient (Wildman–Crippen LogP) is 3.08. The van der Waals surface area contributed by atoms with Crippen molar-refractivity contribution in [3.05, 3.63) is 64.2 Å². The topological polar surface area (TPSA) is 71.0 Å². The van der Waals surface area contributed by atoms with Crippen LogP contribution in [0.15, 0.2) is 47.4 Å². The highest BCUT2D eigenvalue weighted by Gasteiger charge is 2.27. The maximum atomic E-state index is 12.8. The van der Waals surface area contributed by atoms with Gasteiger partial charge in [0.15, 0.2) is 0 Å². The summed E-state index contributed by atoms with van der Waals surface area (Å²) in [5.74, 6) is 1.12.